The number of anilines is 1. The first kappa shape index (κ1) is 21.0. The maximum atomic E-state index is 13.3. The second kappa shape index (κ2) is 8.71. The minimum atomic E-state index is -0.397. The summed E-state index contributed by atoms with van der Waals surface area (Å²) in [6.45, 7) is 3.81. The minimum absolute atomic E-state index is 0.0987. The Labute approximate surface area is 174 Å². The topological polar surface area (TPSA) is 76.1 Å². The molecule has 0 saturated heterocycles. The van der Waals surface area contributed by atoms with Crippen molar-refractivity contribution in [1.29, 1.82) is 0 Å². The average molecular weight is 413 g/mol. The highest BCUT2D eigenvalue weighted by Crippen LogP contribution is 2.40. The van der Waals surface area contributed by atoms with Crippen LogP contribution in [-0.2, 0) is 9.59 Å². The van der Waals surface area contributed by atoms with Gasteiger partial charge in [-0.3, -0.25) is 9.59 Å². The Balaban J connectivity index is 2.11. The Kier molecular flexibility index (Phi) is 6.30. The predicted molar refractivity (Wildman–Crippen MR) is 114 cm³/mol. The van der Waals surface area contributed by atoms with Crippen molar-refractivity contribution < 1.29 is 24.2 Å². The van der Waals surface area contributed by atoms with E-state index in [1.165, 1.54) is 30.9 Å². The van der Waals surface area contributed by atoms with Crippen LogP contribution in [0.15, 0.2) is 41.3 Å². The smallest absolute Gasteiger partial charge is 0.272 e. The number of aliphatic hydroxyl groups is 1. The molecule has 0 radical (unpaired) electrons. The van der Waals surface area contributed by atoms with Crippen molar-refractivity contribution >= 4 is 34.8 Å². The highest BCUT2D eigenvalue weighted by atomic mass is 32.2. The standard InChI is InChI=1S/C22H23NO5S/c1-13-5-7-16(11-14(13)2)23-21(25)19(20(22(23)26)29-10-9-24)15-6-8-17(27-3)18(12-15)28-4/h5-8,11-12,24H,9-10H2,1-4H3. The van der Waals surface area contributed by atoms with E-state index in [2.05, 4.69) is 0 Å². The van der Waals surface area contributed by atoms with Gasteiger partial charge in [-0.1, -0.05) is 12.1 Å². The summed E-state index contributed by atoms with van der Waals surface area (Å²) in [5.41, 5.74) is 3.46. The summed E-state index contributed by atoms with van der Waals surface area (Å²) in [5.74, 6) is 0.525. The molecule has 1 heterocycles. The lowest BCUT2D eigenvalue weighted by atomic mass is 10.1. The Morgan fingerprint density at radius 1 is 0.931 bits per heavy atom. The van der Waals surface area contributed by atoms with Gasteiger partial charge in [0.05, 0.1) is 37.0 Å². The number of methoxy groups -OCH3 is 2. The van der Waals surface area contributed by atoms with Crippen LogP contribution >= 0.6 is 11.8 Å². The van der Waals surface area contributed by atoms with Crippen LogP contribution in [0.3, 0.4) is 0 Å². The van der Waals surface area contributed by atoms with E-state index < -0.39 is 5.91 Å². The average Bonchev–Trinajstić information content (AvgIpc) is 2.97. The minimum Gasteiger partial charge on any atom is -0.493 e. The molecule has 7 heteroatoms. The molecule has 1 aliphatic heterocycles. The van der Waals surface area contributed by atoms with Gasteiger partial charge in [0.25, 0.3) is 11.8 Å². The molecule has 2 aromatic rings. The van der Waals surface area contributed by atoms with E-state index in [1.54, 1.807) is 24.3 Å². The van der Waals surface area contributed by atoms with E-state index in [9.17, 15) is 14.7 Å². The molecule has 2 aromatic carbocycles. The predicted octanol–water partition coefficient (Wildman–Crippen LogP) is 3.33. The van der Waals surface area contributed by atoms with E-state index in [4.69, 9.17) is 9.47 Å². The molecule has 0 aliphatic carbocycles. The molecular weight excluding hydrogens is 390 g/mol. The lowest BCUT2D eigenvalue weighted by molar-refractivity contribution is -0.119. The molecule has 0 aromatic heterocycles. The van der Waals surface area contributed by atoms with Crippen LogP contribution in [0.1, 0.15) is 16.7 Å². The van der Waals surface area contributed by atoms with Crippen molar-refractivity contribution in [3.8, 4) is 11.5 Å². The fourth-order valence-electron chi connectivity index (χ4n) is 3.14. The molecule has 2 amide bonds. The monoisotopic (exact) mass is 413 g/mol. The number of aryl methyl sites for hydroxylation is 2. The lowest BCUT2D eigenvalue weighted by Gasteiger charge is -2.17. The molecule has 0 spiro atoms. The molecule has 3 rings (SSSR count). The molecule has 1 N–H and O–H groups in total. The van der Waals surface area contributed by atoms with Gasteiger partial charge < -0.3 is 14.6 Å². The van der Waals surface area contributed by atoms with Crippen LogP contribution in [0.5, 0.6) is 11.5 Å². The third kappa shape index (κ3) is 3.88. The quantitative estimate of drug-likeness (QED) is 0.702. The molecule has 0 fully saturated rings. The van der Waals surface area contributed by atoms with Crippen molar-refractivity contribution in [2.24, 2.45) is 0 Å². The molecule has 0 unspecified atom stereocenters. The number of imide groups is 1. The van der Waals surface area contributed by atoms with Crippen LogP contribution in [0.2, 0.25) is 0 Å². The molecule has 29 heavy (non-hydrogen) atoms. The number of nitrogens with zero attached hydrogens (tertiary/aromatic N) is 1. The Morgan fingerprint density at radius 2 is 1.66 bits per heavy atom. The number of carbonyl (C=O) groups is 2. The number of aliphatic hydroxyl groups excluding tert-OH is 1. The number of hydrogen-bond acceptors (Lipinski definition) is 6. The second-order valence-corrected chi connectivity index (χ2v) is 7.67. The zero-order valence-corrected chi connectivity index (χ0v) is 17.6. The fraction of sp³-hybridized carbons (Fsp3) is 0.273. The summed E-state index contributed by atoms with van der Waals surface area (Å²) in [6, 6.07) is 10.6. The molecule has 0 bridgehead atoms. The largest absolute Gasteiger partial charge is 0.493 e. The number of thioether (sulfide) groups is 1. The first-order valence-corrected chi connectivity index (χ1v) is 10.1. The molecule has 0 atom stereocenters. The maximum absolute atomic E-state index is 13.3. The highest BCUT2D eigenvalue weighted by Gasteiger charge is 2.40. The molecule has 6 nitrogen and oxygen atoms in total. The van der Waals surface area contributed by atoms with E-state index in [0.717, 1.165) is 11.1 Å². The number of ether oxygens (including phenoxy) is 2. The SMILES string of the molecule is COc1ccc(C2=C(SCCO)C(=O)N(c3ccc(C)c(C)c3)C2=O)cc1OC. The lowest BCUT2D eigenvalue weighted by Crippen LogP contribution is -2.31. The van der Waals surface area contributed by atoms with Crippen molar-refractivity contribution in [3.63, 3.8) is 0 Å². The number of benzene rings is 2. The molecular formula is C22H23NO5S. The Morgan fingerprint density at radius 3 is 2.28 bits per heavy atom. The number of rotatable bonds is 7. The van der Waals surface area contributed by atoms with E-state index in [0.29, 0.717) is 39.0 Å². The van der Waals surface area contributed by atoms with E-state index in [-0.39, 0.29) is 12.5 Å². The van der Waals surface area contributed by atoms with E-state index in [1.807, 2.05) is 26.0 Å². The van der Waals surface area contributed by atoms with Crippen molar-refractivity contribution in [3.05, 3.63) is 58.0 Å². The number of amides is 2. The van der Waals surface area contributed by atoms with Gasteiger partial charge >= 0.3 is 0 Å². The van der Waals surface area contributed by atoms with Crippen molar-refractivity contribution in [2.75, 3.05) is 31.5 Å². The molecule has 0 saturated carbocycles. The van der Waals surface area contributed by atoms with Crippen molar-refractivity contribution in [1.82, 2.24) is 0 Å². The fourth-order valence-corrected chi connectivity index (χ4v) is 4.00. The van der Waals surface area contributed by atoms with Crippen LogP contribution < -0.4 is 14.4 Å². The summed E-state index contributed by atoms with van der Waals surface area (Å²) >= 11 is 1.17. The summed E-state index contributed by atoms with van der Waals surface area (Å²) in [6.07, 6.45) is 0. The van der Waals surface area contributed by atoms with Gasteiger partial charge in [-0.15, -0.1) is 11.8 Å². The maximum Gasteiger partial charge on any atom is 0.272 e. The number of hydrogen-bond donors (Lipinski definition) is 1. The van der Waals surface area contributed by atoms with Gasteiger partial charge in [-0.25, -0.2) is 4.90 Å². The third-order valence-electron chi connectivity index (χ3n) is 4.80. The van der Waals surface area contributed by atoms with Crippen LogP contribution in [0.4, 0.5) is 5.69 Å². The van der Waals surface area contributed by atoms with Gasteiger partial charge in [-0.05, 0) is 54.8 Å². The Bertz CT molecular complexity index is 999. The summed E-state index contributed by atoms with van der Waals surface area (Å²) in [5, 5.41) is 9.25. The van der Waals surface area contributed by atoms with Gasteiger partial charge in [-0.2, -0.15) is 0 Å². The first-order chi connectivity index (χ1) is 13.9. The van der Waals surface area contributed by atoms with E-state index >= 15 is 0 Å². The number of carbonyl (C=O) groups excluding carboxylic acids is 2. The molecule has 152 valence electrons. The first-order valence-electron chi connectivity index (χ1n) is 9.09. The summed E-state index contributed by atoms with van der Waals surface area (Å²) < 4.78 is 10.6. The van der Waals surface area contributed by atoms with Gasteiger partial charge in [0.2, 0.25) is 0 Å². The van der Waals surface area contributed by atoms with Gasteiger partial charge in [0.1, 0.15) is 0 Å². The van der Waals surface area contributed by atoms with Gasteiger partial charge in [0, 0.05) is 5.75 Å². The second-order valence-electron chi connectivity index (χ2n) is 6.56. The summed E-state index contributed by atoms with van der Waals surface area (Å²) in [4.78, 5) is 28.0. The van der Waals surface area contributed by atoms with Gasteiger partial charge in [0.15, 0.2) is 11.5 Å². The normalized spacial score (nSPS) is 14.0. The zero-order valence-electron chi connectivity index (χ0n) is 16.8. The highest BCUT2D eigenvalue weighted by molar-refractivity contribution is 8.04. The van der Waals surface area contributed by atoms with Crippen LogP contribution in [-0.4, -0.2) is 43.5 Å². The summed E-state index contributed by atoms with van der Waals surface area (Å²) in [7, 11) is 3.05. The van der Waals surface area contributed by atoms with Crippen LogP contribution in [0, 0.1) is 13.8 Å². The molecule has 1 aliphatic rings. The zero-order chi connectivity index (χ0) is 21.1. The van der Waals surface area contributed by atoms with Crippen LogP contribution in [0.25, 0.3) is 5.57 Å². The van der Waals surface area contributed by atoms with Crippen molar-refractivity contribution in [2.45, 2.75) is 13.8 Å². The Hall–Kier alpha value is -2.77. The third-order valence-corrected chi connectivity index (χ3v) is 5.85.